The molecule has 0 bridgehead atoms. The second-order valence-corrected chi connectivity index (χ2v) is 33.7. The quantitative estimate of drug-likeness (QED) is 0.0211. The first kappa shape index (κ1) is 101. The Hall–Kier alpha value is -1.97. The van der Waals surface area contributed by atoms with Crippen molar-refractivity contribution in [1.29, 1.82) is 0 Å². The molecular weight excluding hydrogens is 1270 g/mol. The number of carboxylic acid groups (broad SMARTS) is 1. The maximum atomic E-state index is 13.0. The first-order valence-corrected chi connectivity index (χ1v) is 46.9. The molecule has 0 fully saturated rings. The number of carbonyl (C=O) groups is 3. The number of hydrogen-bond donors (Lipinski definition) is 1. The Balaban J connectivity index is 3.85. The number of quaternary nitrogens is 1. The Morgan fingerprint density at radius 1 is 0.282 bits per heavy atom. The van der Waals surface area contributed by atoms with E-state index in [1.807, 2.05) is 21.1 Å². The highest BCUT2D eigenvalue weighted by atomic mass is 16.7. The second kappa shape index (κ2) is 85.6. The van der Waals surface area contributed by atoms with E-state index in [1.54, 1.807) is 0 Å². The predicted octanol–water partition coefficient (Wildman–Crippen LogP) is 30.6. The van der Waals surface area contributed by atoms with E-state index >= 15 is 0 Å². The van der Waals surface area contributed by atoms with Crippen molar-refractivity contribution in [3.63, 3.8) is 0 Å². The summed E-state index contributed by atoms with van der Waals surface area (Å²) in [4.78, 5) is 37.8. The van der Waals surface area contributed by atoms with Crippen LogP contribution in [0.15, 0.2) is 12.2 Å². The molecule has 103 heavy (non-hydrogen) atoms. The van der Waals surface area contributed by atoms with Crippen molar-refractivity contribution in [2.24, 2.45) is 0 Å². The molecule has 0 saturated carbocycles. The van der Waals surface area contributed by atoms with Crippen LogP contribution in [0.2, 0.25) is 0 Å². The number of nitrogens with zero attached hydrogens (tertiary/aromatic N) is 1. The molecular formula is C94H184NO8+. The molecule has 0 aliphatic rings. The Labute approximate surface area is 644 Å². The smallest absolute Gasteiger partial charge is 0.361 e. The molecule has 2 atom stereocenters. The fraction of sp³-hybridized carbons (Fsp3) is 0.947. The summed E-state index contributed by atoms with van der Waals surface area (Å²) >= 11 is 0. The molecule has 0 radical (unpaired) electrons. The monoisotopic (exact) mass is 1460 g/mol. The summed E-state index contributed by atoms with van der Waals surface area (Å²) in [5.41, 5.74) is 0. The molecule has 2 unspecified atom stereocenters. The molecule has 1 N–H and O–H groups in total. The van der Waals surface area contributed by atoms with Crippen molar-refractivity contribution in [3.8, 4) is 0 Å². The van der Waals surface area contributed by atoms with Crippen molar-refractivity contribution in [2.45, 2.75) is 527 Å². The van der Waals surface area contributed by atoms with E-state index in [2.05, 4.69) is 26.0 Å². The summed E-state index contributed by atoms with van der Waals surface area (Å²) in [5.74, 6) is -1.96. The summed E-state index contributed by atoms with van der Waals surface area (Å²) < 4.78 is 23.1. The first-order valence-electron chi connectivity index (χ1n) is 46.9. The third-order valence-electron chi connectivity index (χ3n) is 22.0. The number of unbranched alkanes of at least 4 members (excludes halogenated alkanes) is 73. The van der Waals surface area contributed by atoms with Gasteiger partial charge in [-0.1, -0.05) is 475 Å². The minimum Gasteiger partial charge on any atom is -0.477 e. The van der Waals surface area contributed by atoms with Crippen molar-refractivity contribution in [3.05, 3.63) is 12.2 Å². The molecule has 0 aromatic rings. The zero-order valence-corrected chi connectivity index (χ0v) is 70.5. The number of ether oxygens (including phenoxy) is 4. The maximum absolute atomic E-state index is 13.0. The van der Waals surface area contributed by atoms with Gasteiger partial charge in [-0.05, 0) is 38.5 Å². The van der Waals surface area contributed by atoms with Gasteiger partial charge >= 0.3 is 17.9 Å². The van der Waals surface area contributed by atoms with Crippen LogP contribution in [0.5, 0.6) is 0 Å². The van der Waals surface area contributed by atoms with Crippen molar-refractivity contribution < 1.29 is 42.9 Å². The molecule has 0 saturated heterocycles. The number of carboxylic acids is 1. The third kappa shape index (κ3) is 87.1. The van der Waals surface area contributed by atoms with Crippen molar-refractivity contribution in [1.82, 2.24) is 0 Å². The second-order valence-electron chi connectivity index (χ2n) is 33.7. The molecule has 0 aromatic carbocycles. The van der Waals surface area contributed by atoms with E-state index in [1.165, 1.54) is 449 Å². The number of rotatable bonds is 90. The number of esters is 2. The van der Waals surface area contributed by atoms with E-state index < -0.39 is 18.4 Å². The van der Waals surface area contributed by atoms with Crippen LogP contribution in [0.3, 0.4) is 0 Å². The predicted molar refractivity (Wildman–Crippen MR) is 448 cm³/mol. The summed E-state index contributed by atoms with van der Waals surface area (Å²) in [7, 11) is 6.01. The van der Waals surface area contributed by atoms with E-state index in [9.17, 15) is 19.5 Å². The Kier molecular flexibility index (Phi) is 84.0. The average Bonchev–Trinajstić information content (AvgIpc) is 1.01. The molecule has 612 valence electrons. The fourth-order valence-corrected chi connectivity index (χ4v) is 14.9. The van der Waals surface area contributed by atoms with Crippen LogP contribution < -0.4 is 0 Å². The zero-order valence-electron chi connectivity index (χ0n) is 70.5. The van der Waals surface area contributed by atoms with E-state index in [0.29, 0.717) is 17.4 Å². The zero-order chi connectivity index (χ0) is 74.6. The van der Waals surface area contributed by atoms with Gasteiger partial charge in [0, 0.05) is 12.8 Å². The summed E-state index contributed by atoms with van der Waals surface area (Å²) in [6.07, 6.45) is 107. The van der Waals surface area contributed by atoms with E-state index in [-0.39, 0.29) is 38.2 Å². The number of allylic oxidation sites excluding steroid dienone is 2. The molecule has 0 amide bonds. The van der Waals surface area contributed by atoms with Gasteiger partial charge in [0.2, 0.25) is 0 Å². The lowest BCUT2D eigenvalue weighted by Gasteiger charge is -2.25. The average molecular weight is 1460 g/mol. The van der Waals surface area contributed by atoms with Gasteiger partial charge in [0.05, 0.1) is 34.4 Å². The fourth-order valence-electron chi connectivity index (χ4n) is 14.9. The lowest BCUT2D eigenvalue weighted by molar-refractivity contribution is -0.870. The third-order valence-corrected chi connectivity index (χ3v) is 22.0. The summed E-state index contributed by atoms with van der Waals surface area (Å²) in [5, 5.41) is 9.80. The van der Waals surface area contributed by atoms with Gasteiger partial charge in [-0.3, -0.25) is 9.59 Å². The van der Waals surface area contributed by atoms with E-state index in [0.717, 1.165) is 38.5 Å². The Morgan fingerprint density at radius 2 is 0.495 bits per heavy atom. The van der Waals surface area contributed by atoms with Gasteiger partial charge in [0.1, 0.15) is 13.2 Å². The first-order chi connectivity index (χ1) is 50.6. The van der Waals surface area contributed by atoms with Crippen LogP contribution in [0, 0.1) is 0 Å². The van der Waals surface area contributed by atoms with Gasteiger partial charge in [-0.25, -0.2) is 4.79 Å². The Morgan fingerprint density at radius 3 is 0.718 bits per heavy atom. The number of likely N-dealkylation sites (N-methyl/N-ethyl adjacent to an activating group) is 1. The summed E-state index contributed by atoms with van der Waals surface area (Å²) in [6, 6.07) is 0. The lowest BCUT2D eigenvalue weighted by Crippen LogP contribution is -2.40. The molecule has 9 nitrogen and oxygen atoms in total. The van der Waals surface area contributed by atoms with Crippen LogP contribution in [0.1, 0.15) is 515 Å². The standard InChI is InChI=1S/C94H183NO8/c1-6-8-10-12-14-16-18-20-22-24-26-28-30-32-34-36-38-40-42-44-45-46-47-49-51-53-55-57-59-61-63-65-67-69-71-73-75-77-79-81-83-85-92(97)103-90(89-102-94(93(98)99)100-87-86-95(3,4)5)88-101-91(96)84-82-80-78-76-74-72-70-68-66-64-62-60-58-56-54-52-50-48-43-41-39-37-35-33-31-29-27-25-23-21-19-17-15-13-11-9-7-2/h24,26,90,94H,6-23,25,27-89H2,1-5H3/p+1/b26-24-. The lowest BCUT2D eigenvalue weighted by atomic mass is 10.0. The number of carbonyl (C=O) groups excluding carboxylic acids is 2. The van der Waals surface area contributed by atoms with E-state index in [4.69, 9.17) is 18.9 Å². The number of aliphatic carboxylic acids is 1. The molecule has 0 aliphatic carbocycles. The summed E-state index contributed by atoms with van der Waals surface area (Å²) in [6.45, 7) is 4.99. The van der Waals surface area contributed by atoms with Gasteiger partial charge in [-0.2, -0.15) is 0 Å². The molecule has 0 aromatic heterocycles. The highest BCUT2D eigenvalue weighted by molar-refractivity contribution is 5.71. The minimum atomic E-state index is -1.51. The van der Waals surface area contributed by atoms with Gasteiger partial charge in [-0.15, -0.1) is 0 Å². The van der Waals surface area contributed by atoms with Gasteiger partial charge in [0.25, 0.3) is 6.29 Å². The van der Waals surface area contributed by atoms with Crippen molar-refractivity contribution >= 4 is 17.9 Å². The SMILES string of the molecule is CCCCCCCCCC/C=C\CCCCCCCCCCCCCCCCCCCCCCCCCCCCCCCC(=O)OC(COC(=O)CCCCCCCCCCCCCCCCCCCCCCCCCCCCCCCCCCCCCCC)COC(OCC[N+](C)(C)C)C(=O)O. The van der Waals surface area contributed by atoms with Crippen molar-refractivity contribution in [2.75, 3.05) is 47.5 Å². The highest BCUT2D eigenvalue weighted by Crippen LogP contribution is 2.22. The number of hydrogen-bond acceptors (Lipinski definition) is 7. The molecule has 0 heterocycles. The maximum Gasteiger partial charge on any atom is 0.361 e. The van der Waals surface area contributed by atoms with Gasteiger partial charge in [0.15, 0.2) is 6.10 Å². The topological polar surface area (TPSA) is 108 Å². The highest BCUT2D eigenvalue weighted by Gasteiger charge is 2.25. The molecule has 0 aliphatic heterocycles. The molecule has 0 rings (SSSR count). The molecule has 0 spiro atoms. The Bertz CT molecular complexity index is 1700. The normalized spacial score (nSPS) is 12.5. The minimum absolute atomic E-state index is 0.172. The van der Waals surface area contributed by atoms with Crippen LogP contribution in [0.4, 0.5) is 0 Å². The van der Waals surface area contributed by atoms with Crippen LogP contribution in [0.25, 0.3) is 0 Å². The molecule has 9 heteroatoms. The van der Waals surface area contributed by atoms with Gasteiger partial charge < -0.3 is 28.5 Å². The van der Waals surface area contributed by atoms with Crippen LogP contribution >= 0.6 is 0 Å². The van der Waals surface area contributed by atoms with Crippen LogP contribution in [-0.4, -0.2) is 87.4 Å². The largest absolute Gasteiger partial charge is 0.477 e. The van der Waals surface area contributed by atoms with Crippen LogP contribution in [-0.2, 0) is 33.3 Å².